The molecule has 33 heavy (non-hydrogen) atoms. The number of carbonyl (C=O) groups excluding carboxylic acids is 2. The van der Waals surface area contributed by atoms with Gasteiger partial charge in [-0.1, -0.05) is 30.3 Å². The van der Waals surface area contributed by atoms with E-state index in [4.69, 9.17) is 9.73 Å². The lowest BCUT2D eigenvalue weighted by atomic mass is 9.91. The number of esters is 1. The van der Waals surface area contributed by atoms with Crippen molar-refractivity contribution in [2.75, 3.05) is 0 Å². The molecule has 4 atom stereocenters. The fourth-order valence-corrected chi connectivity index (χ4v) is 4.64. The topological polar surface area (TPSA) is 101 Å². The van der Waals surface area contributed by atoms with Crippen LogP contribution in [0.4, 0.5) is 0 Å². The Balaban J connectivity index is 1.61. The fraction of sp³-hybridized carbons (Fsp3) is 0.462. The van der Waals surface area contributed by atoms with Crippen LogP contribution in [0, 0.1) is 18.8 Å². The molecule has 4 rings (SSSR count). The maximum absolute atomic E-state index is 13.0. The zero-order chi connectivity index (χ0) is 24.0. The molecule has 7 heteroatoms. The van der Waals surface area contributed by atoms with Gasteiger partial charge >= 0.3 is 5.97 Å². The largest absolute Gasteiger partial charge is 0.460 e. The highest BCUT2D eigenvalue weighted by atomic mass is 16.6. The number of pyridine rings is 1. The molecule has 2 aromatic rings. The number of hydrogen-bond donors (Lipinski definition) is 2. The molecule has 1 aliphatic heterocycles. The van der Waals surface area contributed by atoms with Crippen LogP contribution in [-0.4, -0.2) is 39.5 Å². The number of aromatic nitrogens is 1. The third-order valence-electron chi connectivity index (χ3n) is 6.39. The van der Waals surface area contributed by atoms with Gasteiger partial charge in [-0.05, 0) is 64.7 Å². The van der Waals surface area contributed by atoms with Gasteiger partial charge < -0.3 is 15.2 Å². The Bertz CT molecular complexity index is 1100. The lowest BCUT2D eigenvalue weighted by Gasteiger charge is -2.24. The van der Waals surface area contributed by atoms with Crippen LogP contribution in [0.25, 0.3) is 11.1 Å². The standard InChI is InChI=1S/C26H31N3O4/c1-15-19(7-6-12-27-15)16-8-10-17(11-9-16)26(5)24(32)28-22(29-26)20-13-18(30)14-21(20)23(31)33-25(2,3)4/h6-12,18,20-21,30H,13-14H2,1-5H3,(H,28,29,32)/t18-,20?,21?,26?/m1/s1. The second-order valence-electron chi connectivity index (χ2n) is 10.1. The molecule has 2 aliphatic rings. The van der Waals surface area contributed by atoms with Crippen molar-refractivity contribution >= 4 is 17.7 Å². The van der Waals surface area contributed by atoms with Crippen molar-refractivity contribution < 1.29 is 19.4 Å². The van der Waals surface area contributed by atoms with E-state index in [-0.39, 0.29) is 11.9 Å². The zero-order valence-corrected chi connectivity index (χ0v) is 19.8. The number of aliphatic imine (C=N–C) groups is 1. The summed E-state index contributed by atoms with van der Waals surface area (Å²) in [5, 5.41) is 13.2. The van der Waals surface area contributed by atoms with Crippen molar-refractivity contribution in [2.24, 2.45) is 16.8 Å². The van der Waals surface area contributed by atoms with Gasteiger partial charge in [-0.2, -0.15) is 0 Å². The SMILES string of the molecule is Cc1ncccc1-c1ccc(C2(C)N=C(C3C[C@@H](O)CC3C(=O)OC(C)(C)C)NC2=O)cc1. The van der Waals surface area contributed by atoms with Crippen LogP contribution in [0.3, 0.4) is 0 Å². The number of aryl methyl sites for hydroxylation is 1. The Morgan fingerprint density at radius 2 is 1.88 bits per heavy atom. The molecule has 174 valence electrons. The van der Waals surface area contributed by atoms with E-state index in [0.717, 1.165) is 22.4 Å². The van der Waals surface area contributed by atoms with Crippen molar-refractivity contribution in [3.8, 4) is 11.1 Å². The van der Waals surface area contributed by atoms with Crippen LogP contribution in [-0.2, 0) is 19.9 Å². The summed E-state index contributed by atoms with van der Waals surface area (Å²) in [4.78, 5) is 34.9. The molecule has 1 aromatic carbocycles. The summed E-state index contributed by atoms with van der Waals surface area (Å²) in [7, 11) is 0. The molecule has 7 nitrogen and oxygen atoms in total. The first-order valence-electron chi connectivity index (χ1n) is 11.3. The maximum atomic E-state index is 13.0. The molecular formula is C26H31N3O4. The number of nitrogens with zero attached hydrogens (tertiary/aromatic N) is 2. The monoisotopic (exact) mass is 449 g/mol. The molecule has 2 N–H and O–H groups in total. The first kappa shape index (κ1) is 23.1. The molecule has 0 radical (unpaired) electrons. The number of rotatable bonds is 4. The van der Waals surface area contributed by atoms with Gasteiger partial charge in [0.15, 0.2) is 5.54 Å². The van der Waals surface area contributed by atoms with E-state index >= 15 is 0 Å². The van der Waals surface area contributed by atoms with Gasteiger partial charge in [0.2, 0.25) is 0 Å². The highest BCUT2D eigenvalue weighted by molar-refractivity contribution is 6.10. The van der Waals surface area contributed by atoms with Crippen molar-refractivity contribution in [3.05, 3.63) is 53.9 Å². The van der Waals surface area contributed by atoms with Crippen molar-refractivity contribution in [3.63, 3.8) is 0 Å². The Kier molecular flexibility index (Phi) is 5.86. The van der Waals surface area contributed by atoms with E-state index < -0.39 is 29.1 Å². The van der Waals surface area contributed by atoms with E-state index in [1.165, 1.54) is 0 Å². The molecule has 0 spiro atoms. The van der Waals surface area contributed by atoms with E-state index in [9.17, 15) is 14.7 Å². The van der Waals surface area contributed by atoms with E-state index in [1.807, 2.05) is 64.1 Å². The molecule has 1 aliphatic carbocycles. The number of carbonyl (C=O) groups is 2. The van der Waals surface area contributed by atoms with Crippen LogP contribution in [0.2, 0.25) is 0 Å². The minimum absolute atomic E-state index is 0.243. The third kappa shape index (κ3) is 4.55. The van der Waals surface area contributed by atoms with Gasteiger partial charge in [0, 0.05) is 23.4 Å². The van der Waals surface area contributed by atoms with E-state index in [0.29, 0.717) is 18.7 Å². The average Bonchev–Trinajstić information content (AvgIpc) is 3.28. The van der Waals surface area contributed by atoms with Gasteiger partial charge in [0.05, 0.1) is 12.0 Å². The number of aliphatic hydroxyl groups excluding tert-OH is 1. The number of benzene rings is 1. The van der Waals surface area contributed by atoms with Crippen LogP contribution >= 0.6 is 0 Å². The van der Waals surface area contributed by atoms with E-state index in [2.05, 4.69) is 10.3 Å². The smallest absolute Gasteiger partial charge is 0.310 e. The zero-order valence-electron chi connectivity index (χ0n) is 19.8. The molecule has 3 unspecified atom stereocenters. The quantitative estimate of drug-likeness (QED) is 0.696. The third-order valence-corrected chi connectivity index (χ3v) is 6.39. The van der Waals surface area contributed by atoms with Gasteiger partial charge in [0.1, 0.15) is 11.4 Å². The summed E-state index contributed by atoms with van der Waals surface area (Å²) >= 11 is 0. The minimum atomic E-state index is -1.11. The number of amides is 1. The lowest BCUT2D eigenvalue weighted by Crippen LogP contribution is -2.39. The van der Waals surface area contributed by atoms with Gasteiger partial charge in [-0.25, -0.2) is 0 Å². The number of nitrogens with one attached hydrogen (secondary N) is 1. The maximum Gasteiger partial charge on any atom is 0.310 e. The summed E-state index contributed by atoms with van der Waals surface area (Å²) in [5.74, 6) is -1.10. The van der Waals surface area contributed by atoms with Crippen LogP contribution < -0.4 is 5.32 Å². The van der Waals surface area contributed by atoms with Crippen molar-refractivity contribution in [1.29, 1.82) is 0 Å². The van der Waals surface area contributed by atoms with Crippen LogP contribution in [0.5, 0.6) is 0 Å². The predicted octanol–water partition coefficient (Wildman–Crippen LogP) is 3.53. The molecule has 0 saturated heterocycles. The van der Waals surface area contributed by atoms with Gasteiger partial charge in [0.25, 0.3) is 5.91 Å². The summed E-state index contributed by atoms with van der Waals surface area (Å²) in [6, 6.07) is 11.7. The summed E-state index contributed by atoms with van der Waals surface area (Å²) in [6.07, 6.45) is 1.78. The highest BCUT2D eigenvalue weighted by Crippen LogP contribution is 2.39. The Labute approximate surface area is 194 Å². The predicted molar refractivity (Wildman–Crippen MR) is 125 cm³/mol. The Morgan fingerprint density at radius 3 is 2.52 bits per heavy atom. The Hall–Kier alpha value is -3.06. The lowest BCUT2D eigenvalue weighted by molar-refractivity contribution is -0.160. The van der Waals surface area contributed by atoms with Gasteiger partial charge in [-0.3, -0.25) is 19.6 Å². The second-order valence-corrected chi connectivity index (χ2v) is 10.1. The molecule has 0 bridgehead atoms. The van der Waals surface area contributed by atoms with Gasteiger partial charge in [-0.15, -0.1) is 0 Å². The summed E-state index contributed by atoms with van der Waals surface area (Å²) in [5.41, 5.74) is 2.01. The summed E-state index contributed by atoms with van der Waals surface area (Å²) < 4.78 is 5.57. The van der Waals surface area contributed by atoms with E-state index in [1.54, 1.807) is 13.1 Å². The number of amidine groups is 1. The molecular weight excluding hydrogens is 418 g/mol. The minimum Gasteiger partial charge on any atom is -0.460 e. The molecule has 1 fully saturated rings. The van der Waals surface area contributed by atoms with Crippen molar-refractivity contribution in [1.82, 2.24) is 10.3 Å². The first-order chi connectivity index (χ1) is 15.5. The molecule has 1 saturated carbocycles. The fourth-order valence-electron chi connectivity index (χ4n) is 4.64. The molecule has 1 aromatic heterocycles. The average molecular weight is 450 g/mol. The van der Waals surface area contributed by atoms with Crippen molar-refractivity contribution in [2.45, 2.75) is 64.7 Å². The number of aliphatic hydroxyl groups is 1. The summed E-state index contributed by atoms with van der Waals surface area (Å²) in [6.45, 7) is 9.17. The van der Waals surface area contributed by atoms with Crippen LogP contribution in [0.15, 0.2) is 47.6 Å². The molecule has 2 heterocycles. The Morgan fingerprint density at radius 1 is 1.18 bits per heavy atom. The number of hydrogen-bond acceptors (Lipinski definition) is 6. The highest BCUT2D eigenvalue weighted by Gasteiger charge is 2.48. The normalized spacial score (nSPS) is 27.3. The molecule has 1 amide bonds. The van der Waals surface area contributed by atoms with Crippen LogP contribution in [0.1, 0.15) is 51.8 Å². The number of ether oxygens (including phenoxy) is 1. The second kappa shape index (κ2) is 8.37. The first-order valence-corrected chi connectivity index (χ1v) is 11.3.